The lowest BCUT2D eigenvalue weighted by molar-refractivity contribution is -0.850. The van der Waals surface area contributed by atoms with Crippen molar-refractivity contribution in [1.82, 2.24) is 19.5 Å². The highest BCUT2D eigenvalue weighted by Gasteiger charge is 2.20. The van der Waals surface area contributed by atoms with Gasteiger partial charge in [-0.15, -0.1) is 0 Å². The Balaban J connectivity index is 2.37. The molecule has 0 atom stereocenters. The number of carbonyl (C=O) groups excluding carboxylic acids is 1. The van der Waals surface area contributed by atoms with Gasteiger partial charge in [-0.3, -0.25) is 9.80 Å². The number of rotatable bonds is 9. The third kappa shape index (κ3) is 5.93. The zero-order valence-corrected chi connectivity index (χ0v) is 21.0. The number of nitrogen functional groups attached to an aromatic ring is 1. The molecule has 0 aliphatic rings. The third-order valence-electron chi connectivity index (χ3n) is 5.33. The minimum atomic E-state index is -0.398. The number of carbonyl (C=O) groups is 1. The summed E-state index contributed by atoms with van der Waals surface area (Å²) in [7, 11) is 1.74. The van der Waals surface area contributed by atoms with Gasteiger partial charge in [0.15, 0.2) is 11.4 Å². The molecule has 11 heteroatoms. The van der Waals surface area contributed by atoms with Gasteiger partial charge in [-0.25, -0.2) is 24.1 Å². The first-order valence-corrected chi connectivity index (χ1v) is 11.4. The number of allylic oxidation sites excluding steroid dienone is 4. The topological polar surface area (TPSA) is 139 Å². The van der Waals surface area contributed by atoms with Crippen LogP contribution in [-0.2, 0) is 11.3 Å². The van der Waals surface area contributed by atoms with Crippen molar-refractivity contribution in [2.24, 2.45) is 5.10 Å². The van der Waals surface area contributed by atoms with E-state index in [1.54, 1.807) is 44.1 Å². The van der Waals surface area contributed by atoms with Crippen molar-refractivity contribution < 1.29 is 24.3 Å². The van der Waals surface area contributed by atoms with E-state index < -0.39 is 5.82 Å². The van der Waals surface area contributed by atoms with Crippen LogP contribution < -0.4 is 16.7 Å². The zero-order valence-electron chi connectivity index (χ0n) is 21.0. The van der Waals surface area contributed by atoms with Gasteiger partial charge in [0.25, 0.3) is 0 Å². The zero-order chi connectivity index (χ0) is 26.4. The molecule has 2 heterocycles. The quantitative estimate of drug-likeness (QED) is 0.235. The molecule has 0 fully saturated rings. The predicted octanol–water partition coefficient (Wildman–Crippen LogP) is 2.51. The maximum atomic E-state index is 13.7. The van der Waals surface area contributed by atoms with Gasteiger partial charge in [0.1, 0.15) is 23.0 Å². The van der Waals surface area contributed by atoms with Crippen LogP contribution in [0, 0.1) is 19.7 Å². The lowest BCUT2D eigenvalue weighted by Gasteiger charge is -2.18. The summed E-state index contributed by atoms with van der Waals surface area (Å²) in [4.78, 5) is 21.0. The smallest absolute Gasteiger partial charge is 0.222 e. The molecule has 0 bridgehead atoms. The number of benzene rings is 1. The number of aromatic nitrogens is 3. The number of hydrogen-bond acceptors (Lipinski definition) is 8. The first kappa shape index (κ1) is 26.5. The van der Waals surface area contributed by atoms with Gasteiger partial charge in [-0.05, 0) is 43.2 Å². The molecule has 190 valence electrons. The number of quaternary nitrogens is 1. The van der Waals surface area contributed by atoms with Crippen molar-refractivity contribution in [2.75, 3.05) is 12.8 Å². The van der Waals surface area contributed by atoms with Crippen LogP contribution in [0.25, 0.3) is 16.8 Å². The van der Waals surface area contributed by atoms with Crippen LogP contribution in [0.1, 0.15) is 43.2 Å². The number of aryl methyl sites for hydroxylation is 2. The summed E-state index contributed by atoms with van der Waals surface area (Å²) >= 11 is 0. The molecule has 0 radical (unpaired) electrons. The van der Waals surface area contributed by atoms with Crippen molar-refractivity contribution in [3.05, 3.63) is 76.3 Å². The molecule has 10 nitrogen and oxygen atoms in total. The molecule has 1 aromatic carbocycles. The molecule has 0 saturated heterocycles. The molecule has 36 heavy (non-hydrogen) atoms. The van der Waals surface area contributed by atoms with E-state index in [0.29, 0.717) is 64.8 Å². The minimum absolute atomic E-state index is 0.0843. The maximum Gasteiger partial charge on any atom is 0.222 e. The van der Waals surface area contributed by atoms with Crippen LogP contribution in [0.3, 0.4) is 0 Å². The monoisotopic (exact) mass is 496 g/mol. The van der Waals surface area contributed by atoms with Gasteiger partial charge in [0.05, 0.1) is 17.8 Å². The fourth-order valence-corrected chi connectivity index (χ4v) is 3.71. The highest BCUT2D eigenvalue weighted by atomic mass is 19.1. The minimum Gasteiger partial charge on any atom is -0.446 e. The predicted molar refractivity (Wildman–Crippen MR) is 133 cm³/mol. The van der Waals surface area contributed by atoms with Gasteiger partial charge >= 0.3 is 0 Å². The van der Waals surface area contributed by atoms with E-state index in [1.807, 2.05) is 19.9 Å². The molecular formula is C25H31FN7O3+. The molecule has 0 spiro atoms. The molecule has 0 aliphatic heterocycles. The standard InChI is InChI=1S/C25H30FN7O3/c1-6-7-19(12-15(2)31-35)22-23(18-8-10-20(26)11-9-18)29-25(27)33(14-34)24(22)30-32(5)13-21-16(3)36-17(4)28-21/h7-12,14,31,35H,6,13H2,1-5H3,(H2,27,29)/p+1/b15-12-,19-7+,30-24-. The van der Waals surface area contributed by atoms with Crippen LogP contribution in [0.4, 0.5) is 10.3 Å². The van der Waals surface area contributed by atoms with Crippen molar-refractivity contribution in [1.29, 1.82) is 0 Å². The Hall–Kier alpha value is -4.09. The summed E-state index contributed by atoms with van der Waals surface area (Å²) < 4.78 is 20.4. The van der Waals surface area contributed by atoms with Crippen molar-refractivity contribution in [3.8, 4) is 11.3 Å². The Kier molecular flexibility index (Phi) is 8.51. The Labute approximate surface area is 208 Å². The van der Waals surface area contributed by atoms with Crippen LogP contribution in [0.15, 0.2) is 51.6 Å². The van der Waals surface area contributed by atoms with Crippen LogP contribution in [0.2, 0.25) is 0 Å². The lowest BCUT2D eigenvalue weighted by atomic mass is 9.98. The first-order valence-electron chi connectivity index (χ1n) is 11.4. The number of hydrogen-bond donors (Lipinski definition) is 3. The molecule has 0 aliphatic carbocycles. The summed E-state index contributed by atoms with van der Waals surface area (Å²) in [6, 6.07) is 5.81. The van der Waals surface area contributed by atoms with E-state index in [9.17, 15) is 14.4 Å². The molecule has 5 N–H and O–H groups in total. The molecule has 3 rings (SSSR count). The van der Waals surface area contributed by atoms with Crippen molar-refractivity contribution in [3.63, 3.8) is 0 Å². The van der Waals surface area contributed by atoms with E-state index in [4.69, 9.17) is 15.3 Å². The molecule has 0 saturated carbocycles. The number of oxazole rings is 1. The number of nitrogens with two attached hydrogens (primary N) is 2. The third-order valence-corrected chi connectivity index (χ3v) is 5.33. The van der Waals surface area contributed by atoms with Gasteiger partial charge < -0.3 is 10.2 Å². The maximum absolute atomic E-state index is 13.7. The second-order valence-electron chi connectivity index (χ2n) is 8.24. The second kappa shape index (κ2) is 11.6. The van der Waals surface area contributed by atoms with Crippen molar-refractivity contribution in [2.45, 2.75) is 40.7 Å². The second-order valence-corrected chi connectivity index (χ2v) is 8.24. The molecule has 0 unspecified atom stereocenters. The van der Waals surface area contributed by atoms with Gasteiger partial charge in [0.2, 0.25) is 12.4 Å². The summed E-state index contributed by atoms with van der Waals surface area (Å²) in [6.07, 6.45) is 4.86. The SMILES string of the molecule is CC/C=C(\C=C(\C)[NH2+]O)c1c(-c2ccc(F)cc2)nc(N)n(C=O)/c1=N\N(C)Cc1nc(C)oc1C. The fraction of sp³-hybridized carbons (Fsp3) is 0.280. The van der Waals surface area contributed by atoms with Gasteiger partial charge in [-0.1, -0.05) is 13.0 Å². The van der Waals surface area contributed by atoms with Crippen LogP contribution >= 0.6 is 0 Å². The summed E-state index contributed by atoms with van der Waals surface area (Å²) in [6.45, 7) is 7.58. The fourth-order valence-electron chi connectivity index (χ4n) is 3.71. The number of hydroxylamine groups is 1. The summed E-state index contributed by atoms with van der Waals surface area (Å²) in [5.74, 6) is 0.729. The Morgan fingerprint density at radius 2 is 2.00 bits per heavy atom. The van der Waals surface area contributed by atoms with E-state index in [2.05, 4.69) is 9.97 Å². The van der Waals surface area contributed by atoms with Crippen LogP contribution in [-0.4, -0.2) is 38.2 Å². The summed E-state index contributed by atoms with van der Waals surface area (Å²) in [5.41, 5.74) is 10.8. The summed E-state index contributed by atoms with van der Waals surface area (Å²) in [5, 5.41) is 15.9. The van der Waals surface area contributed by atoms with E-state index in [0.717, 1.165) is 10.0 Å². The highest BCUT2D eigenvalue weighted by Crippen LogP contribution is 2.27. The molecule has 3 aromatic rings. The largest absolute Gasteiger partial charge is 0.446 e. The Morgan fingerprint density at radius 1 is 1.31 bits per heavy atom. The average molecular weight is 497 g/mol. The van der Waals surface area contributed by atoms with Gasteiger partial charge in [-0.2, -0.15) is 10.6 Å². The highest BCUT2D eigenvalue weighted by molar-refractivity contribution is 5.84. The Bertz CT molecular complexity index is 1370. The number of nitrogens with zero attached hydrogens (tertiary/aromatic N) is 5. The van der Waals surface area contributed by atoms with E-state index >= 15 is 0 Å². The lowest BCUT2D eigenvalue weighted by Crippen LogP contribution is -2.77. The average Bonchev–Trinajstić information content (AvgIpc) is 3.15. The normalized spacial score (nSPS) is 12.8. The van der Waals surface area contributed by atoms with E-state index in [1.165, 1.54) is 12.1 Å². The number of halogens is 1. The molecule has 2 aromatic heterocycles. The molecule has 0 amide bonds. The van der Waals surface area contributed by atoms with Crippen molar-refractivity contribution >= 4 is 17.9 Å². The van der Waals surface area contributed by atoms with Crippen LogP contribution in [0.5, 0.6) is 0 Å². The number of anilines is 1. The molecular weight excluding hydrogens is 465 g/mol. The first-order chi connectivity index (χ1) is 17.2. The Morgan fingerprint density at radius 3 is 2.56 bits per heavy atom. The van der Waals surface area contributed by atoms with E-state index in [-0.39, 0.29) is 11.4 Å². The van der Waals surface area contributed by atoms with Gasteiger partial charge in [0, 0.05) is 32.5 Å².